The second-order valence-corrected chi connectivity index (χ2v) is 3.98. The molecule has 1 heterocycles. The summed E-state index contributed by atoms with van der Waals surface area (Å²) in [6.07, 6.45) is 2.22. The smallest absolute Gasteiger partial charge is 0.462 e. The Morgan fingerprint density at radius 3 is 2.82 bits per heavy atom. The highest BCUT2D eigenvalue weighted by Gasteiger charge is 2.19. The molecule has 1 saturated heterocycles. The fourth-order valence-corrected chi connectivity index (χ4v) is 1.72. The molecule has 0 amide bonds. The Kier molecular flexibility index (Phi) is 3.99. The van der Waals surface area contributed by atoms with Gasteiger partial charge in [-0.2, -0.15) is 0 Å². The molecule has 1 aliphatic heterocycles. The van der Waals surface area contributed by atoms with E-state index in [1.54, 1.807) is 0 Å². The SMILES string of the molecule is OB(O)c1ccc(F)c(O[C@@H]2CCCCO2)c1. The van der Waals surface area contributed by atoms with Crippen LogP contribution in [-0.2, 0) is 4.74 Å². The third-order valence-corrected chi connectivity index (χ3v) is 2.65. The minimum Gasteiger partial charge on any atom is -0.462 e. The van der Waals surface area contributed by atoms with Gasteiger partial charge in [0, 0.05) is 6.42 Å². The molecular weight excluding hydrogens is 226 g/mol. The summed E-state index contributed by atoms with van der Waals surface area (Å²) in [6, 6.07) is 3.72. The highest BCUT2D eigenvalue weighted by Crippen LogP contribution is 2.21. The third-order valence-electron chi connectivity index (χ3n) is 2.65. The second-order valence-electron chi connectivity index (χ2n) is 3.98. The van der Waals surface area contributed by atoms with Crippen molar-refractivity contribution >= 4 is 12.6 Å². The van der Waals surface area contributed by atoms with Gasteiger partial charge in [0.1, 0.15) is 0 Å². The molecule has 17 heavy (non-hydrogen) atoms. The van der Waals surface area contributed by atoms with Gasteiger partial charge >= 0.3 is 7.12 Å². The van der Waals surface area contributed by atoms with Gasteiger partial charge in [-0.05, 0) is 30.4 Å². The number of ether oxygens (including phenoxy) is 2. The zero-order chi connectivity index (χ0) is 12.3. The number of benzene rings is 1. The lowest BCUT2D eigenvalue weighted by atomic mass is 9.80. The quantitative estimate of drug-likeness (QED) is 0.751. The molecule has 4 nitrogen and oxygen atoms in total. The summed E-state index contributed by atoms with van der Waals surface area (Å²) in [4.78, 5) is 0. The first kappa shape index (κ1) is 12.4. The first-order valence-electron chi connectivity index (χ1n) is 5.60. The first-order chi connectivity index (χ1) is 8.16. The molecule has 0 saturated carbocycles. The normalized spacial score (nSPS) is 20.1. The molecule has 0 unspecified atom stereocenters. The van der Waals surface area contributed by atoms with Gasteiger partial charge < -0.3 is 19.5 Å². The second kappa shape index (κ2) is 5.49. The van der Waals surface area contributed by atoms with Gasteiger partial charge in [-0.1, -0.05) is 6.07 Å². The number of hydrogen-bond acceptors (Lipinski definition) is 4. The van der Waals surface area contributed by atoms with Gasteiger partial charge in [-0.25, -0.2) is 4.39 Å². The van der Waals surface area contributed by atoms with Gasteiger partial charge in [0.15, 0.2) is 17.9 Å². The number of rotatable bonds is 3. The van der Waals surface area contributed by atoms with Crippen molar-refractivity contribution in [2.24, 2.45) is 0 Å². The van der Waals surface area contributed by atoms with E-state index in [4.69, 9.17) is 19.5 Å². The van der Waals surface area contributed by atoms with Crippen LogP contribution in [0.4, 0.5) is 4.39 Å². The van der Waals surface area contributed by atoms with Crippen molar-refractivity contribution < 1.29 is 23.9 Å². The van der Waals surface area contributed by atoms with Crippen molar-refractivity contribution in [1.82, 2.24) is 0 Å². The van der Waals surface area contributed by atoms with Gasteiger partial charge in [0.05, 0.1) is 6.61 Å². The van der Waals surface area contributed by atoms with Crippen molar-refractivity contribution in [2.75, 3.05) is 6.61 Å². The van der Waals surface area contributed by atoms with Crippen LogP contribution in [0.15, 0.2) is 18.2 Å². The van der Waals surface area contributed by atoms with E-state index in [9.17, 15) is 4.39 Å². The van der Waals surface area contributed by atoms with Crippen LogP contribution in [0.5, 0.6) is 5.75 Å². The lowest BCUT2D eigenvalue weighted by Gasteiger charge is -2.23. The lowest BCUT2D eigenvalue weighted by molar-refractivity contribution is -0.107. The summed E-state index contributed by atoms with van der Waals surface area (Å²) in [5.74, 6) is -0.550. The third kappa shape index (κ3) is 3.18. The highest BCUT2D eigenvalue weighted by molar-refractivity contribution is 6.58. The maximum atomic E-state index is 13.4. The molecule has 6 heteroatoms. The van der Waals surface area contributed by atoms with E-state index in [1.165, 1.54) is 12.1 Å². The lowest BCUT2D eigenvalue weighted by Crippen LogP contribution is -2.31. The zero-order valence-electron chi connectivity index (χ0n) is 9.30. The maximum absolute atomic E-state index is 13.4. The van der Waals surface area contributed by atoms with Crippen molar-refractivity contribution in [3.8, 4) is 5.75 Å². The molecule has 0 bridgehead atoms. The van der Waals surface area contributed by atoms with Crippen molar-refractivity contribution in [1.29, 1.82) is 0 Å². The Balaban J connectivity index is 2.10. The summed E-state index contributed by atoms with van der Waals surface area (Å²) in [6.45, 7) is 0.606. The van der Waals surface area contributed by atoms with Gasteiger partial charge in [0.2, 0.25) is 0 Å². The van der Waals surface area contributed by atoms with E-state index >= 15 is 0 Å². The van der Waals surface area contributed by atoms with Gasteiger partial charge in [-0.15, -0.1) is 0 Å². The minimum absolute atomic E-state index is 0.0116. The van der Waals surface area contributed by atoms with Crippen molar-refractivity contribution in [3.05, 3.63) is 24.0 Å². The Morgan fingerprint density at radius 2 is 2.18 bits per heavy atom. The Morgan fingerprint density at radius 1 is 1.35 bits per heavy atom. The first-order valence-corrected chi connectivity index (χ1v) is 5.60. The highest BCUT2D eigenvalue weighted by atomic mass is 19.1. The molecule has 0 aliphatic carbocycles. The summed E-state index contributed by atoms with van der Waals surface area (Å²) < 4.78 is 24.1. The largest absolute Gasteiger partial charge is 0.488 e. The average Bonchev–Trinajstić information content (AvgIpc) is 2.33. The molecule has 0 radical (unpaired) electrons. The number of hydrogen-bond donors (Lipinski definition) is 2. The van der Waals surface area contributed by atoms with Crippen LogP contribution < -0.4 is 10.2 Å². The zero-order valence-corrected chi connectivity index (χ0v) is 9.30. The predicted octanol–water partition coefficient (Wildman–Crippen LogP) is 0.411. The van der Waals surface area contributed by atoms with Gasteiger partial charge in [-0.3, -0.25) is 0 Å². The van der Waals surface area contributed by atoms with Crippen LogP contribution in [0.25, 0.3) is 0 Å². The summed E-state index contributed by atoms with van der Waals surface area (Å²) in [5, 5.41) is 18.0. The molecule has 1 atom stereocenters. The van der Waals surface area contributed by atoms with E-state index < -0.39 is 19.2 Å². The molecule has 92 valence electrons. The standard InChI is InChI=1S/C11H14BFO4/c13-9-5-4-8(12(14)15)7-10(9)17-11-3-1-2-6-16-11/h4-5,7,11,14-15H,1-3,6H2/t11-/m1/s1. The fraction of sp³-hybridized carbons (Fsp3) is 0.455. The molecular formula is C11H14BFO4. The van der Waals surface area contributed by atoms with Crippen LogP contribution in [0.3, 0.4) is 0 Å². The average molecular weight is 240 g/mol. The Hall–Kier alpha value is -1.11. The van der Waals surface area contributed by atoms with E-state index in [2.05, 4.69) is 0 Å². The number of halogens is 1. The summed E-state index contributed by atoms with van der Waals surface area (Å²) in [5.41, 5.74) is 0.192. The summed E-state index contributed by atoms with van der Waals surface area (Å²) in [7, 11) is -1.63. The van der Waals surface area contributed by atoms with Crippen molar-refractivity contribution in [2.45, 2.75) is 25.6 Å². The molecule has 0 aromatic heterocycles. The predicted molar refractivity (Wildman–Crippen MR) is 60.4 cm³/mol. The van der Waals surface area contributed by atoms with E-state index in [0.717, 1.165) is 18.9 Å². The molecule has 1 aromatic carbocycles. The molecule has 2 rings (SSSR count). The van der Waals surface area contributed by atoms with Gasteiger partial charge in [0.25, 0.3) is 0 Å². The van der Waals surface area contributed by atoms with Crippen molar-refractivity contribution in [3.63, 3.8) is 0 Å². The molecule has 2 N–H and O–H groups in total. The van der Waals surface area contributed by atoms with E-state index in [-0.39, 0.29) is 11.2 Å². The molecule has 1 fully saturated rings. The fourth-order valence-electron chi connectivity index (χ4n) is 1.72. The molecule has 0 spiro atoms. The van der Waals surface area contributed by atoms with Crippen LogP contribution >= 0.6 is 0 Å². The van der Waals surface area contributed by atoms with Crippen LogP contribution in [0.2, 0.25) is 0 Å². The maximum Gasteiger partial charge on any atom is 0.488 e. The van der Waals surface area contributed by atoms with Crippen LogP contribution in [0, 0.1) is 5.82 Å². The molecule has 1 aliphatic rings. The van der Waals surface area contributed by atoms with Crippen LogP contribution in [0.1, 0.15) is 19.3 Å². The Labute approximate surface area is 99.1 Å². The van der Waals surface area contributed by atoms with E-state index in [1.807, 2.05) is 0 Å². The summed E-state index contributed by atoms with van der Waals surface area (Å²) >= 11 is 0. The van der Waals surface area contributed by atoms with Crippen LogP contribution in [-0.4, -0.2) is 30.1 Å². The monoisotopic (exact) mass is 240 g/mol. The van der Waals surface area contributed by atoms with E-state index in [0.29, 0.717) is 13.0 Å². The topological polar surface area (TPSA) is 58.9 Å². The minimum atomic E-state index is -1.63. The molecule has 1 aromatic rings. The Bertz CT molecular complexity index is 380.